The van der Waals surface area contributed by atoms with E-state index in [0.717, 1.165) is 0 Å². The highest BCUT2D eigenvalue weighted by atomic mass is 19.1. The third-order valence-corrected chi connectivity index (χ3v) is 3.68. The van der Waals surface area contributed by atoms with Gasteiger partial charge in [-0.1, -0.05) is 5.16 Å². The average Bonchev–Trinajstić information content (AvgIpc) is 3.01. The summed E-state index contributed by atoms with van der Waals surface area (Å²) in [7, 11) is 0. The van der Waals surface area contributed by atoms with Crippen LogP contribution >= 0.6 is 0 Å². The van der Waals surface area contributed by atoms with Crippen LogP contribution in [0.15, 0.2) is 28.8 Å². The van der Waals surface area contributed by atoms with E-state index < -0.39 is 11.9 Å². The molecule has 23 heavy (non-hydrogen) atoms. The Kier molecular flexibility index (Phi) is 3.81. The molecule has 2 heterocycles. The number of halogens is 1. The van der Waals surface area contributed by atoms with Gasteiger partial charge in [0.05, 0.1) is 0 Å². The van der Waals surface area contributed by atoms with Crippen LogP contribution in [0.3, 0.4) is 0 Å². The first kappa shape index (κ1) is 15.1. The van der Waals surface area contributed by atoms with Crippen molar-refractivity contribution in [3.8, 4) is 11.4 Å². The first-order valence-electron chi connectivity index (χ1n) is 7.16. The molecule has 1 fully saturated rings. The van der Waals surface area contributed by atoms with Crippen LogP contribution in [0.4, 0.5) is 4.39 Å². The molecule has 0 radical (unpaired) electrons. The predicted molar refractivity (Wildman–Crippen MR) is 77.8 cm³/mol. The van der Waals surface area contributed by atoms with E-state index >= 15 is 0 Å². The zero-order valence-electron chi connectivity index (χ0n) is 12.6. The molecule has 3 rings (SSSR count). The van der Waals surface area contributed by atoms with Gasteiger partial charge in [-0.25, -0.2) is 4.39 Å². The summed E-state index contributed by atoms with van der Waals surface area (Å²) in [5.41, 5.74) is 0.534. The van der Waals surface area contributed by atoms with E-state index in [4.69, 9.17) is 4.52 Å². The standard InChI is InChI=1S/C15H15FN4O3/c1-8-7-20(9(2)13(21)17-8)15(22)14-18-12(19-23-14)10-3-5-11(16)6-4-10/h3-6,8-9H,7H2,1-2H3,(H,17,21). The van der Waals surface area contributed by atoms with Gasteiger partial charge in [0, 0.05) is 18.2 Å². The van der Waals surface area contributed by atoms with E-state index in [0.29, 0.717) is 12.1 Å². The van der Waals surface area contributed by atoms with Crippen molar-refractivity contribution in [1.29, 1.82) is 0 Å². The molecule has 1 N–H and O–H groups in total. The Morgan fingerprint density at radius 2 is 2.04 bits per heavy atom. The van der Waals surface area contributed by atoms with Gasteiger partial charge in [0.25, 0.3) is 0 Å². The number of hydrogen-bond donors (Lipinski definition) is 1. The number of rotatable bonds is 2. The minimum atomic E-state index is -0.611. The first-order chi connectivity index (χ1) is 11.0. The van der Waals surface area contributed by atoms with Crippen LogP contribution in [0.2, 0.25) is 0 Å². The van der Waals surface area contributed by atoms with Crippen LogP contribution in [0, 0.1) is 5.82 Å². The number of nitrogens with one attached hydrogen (secondary N) is 1. The smallest absolute Gasteiger partial charge is 0.316 e. The topological polar surface area (TPSA) is 88.3 Å². The summed E-state index contributed by atoms with van der Waals surface area (Å²) in [6.45, 7) is 3.80. The zero-order chi connectivity index (χ0) is 16.6. The lowest BCUT2D eigenvalue weighted by Gasteiger charge is -2.35. The molecule has 1 aliphatic heterocycles. The highest BCUT2D eigenvalue weighted by molar-refractivity contribution is 5.95. The molecule has 0 spiro atoms. The molecule has 1 saturated heterocycles. The number of benzene rings is 1. The molecule has 0 aliphatic carbocycles. The second-order valence-electron chi connectivity index (χ2n) is 5.47. The molecule has 2 unspecified atom stereocenters. The molecule has 120 valence electrons. The maximum absolute atomic E-state index is 12.9. The number of aromatic nitrogens is 2. The number of carbonyl (C=O) groups excluding carboxylic acids is 2. The second-order valence-corrected chi connectivity index (χ2v) is 5.47. The second kappa shape index (κ2) is 5.79. The lowest BCUT2D eigenvalue weighted by molar-refractivity contribution is -0.128. The van der Waals surface area contributed by atoms with Gasteiger partial charge in [-0.05, 0) is 38.1 Å². The summed E-state index contributed by atoms with van der Waals surface area (Å²) >= 11 is 0. The minimum absolute atomic E-state index is 0.151. The van der Waals surface area contributed by atoms with Crippen molar-refractivity contribution in [2.75, 3.05) is 6.54 Å². The van der Waals surface area contributed by atoms with Gasteiger partial charge in [-0.15, -0.1) is 0 Å². The van der Waals surface area contributed by atoms with Crippen LogP contribution in [0.25, 0.3) is 11.4 Å². The number of hydrogen-bond acceptors (Lipinski definition) is 5. The summed E-state index contributed by atoms with van der Waals surface area (Å²) in [5.74, 6) is -1.11. The predicted octanol–water partition coefficient (Wildman–Crippen LogP) is 1.22. The van der Waals surface area contributed by atoms with Gasteiger partial charge in [-0.2, -0.15) is 4.98 Å². The quantitative estimate of drug-likeness (QED) is 0.899. The van der Waals surface area contributed by atoms with Crippen molar-refractivity contribution in [3.05, 3.63) is 36.0 Å². The van der Waals surface area contributed by atoms with Gasteiger partial charge < -0.3 is 14.7 Å². The van der Waals surface area contributed by atoms with Crippen molar-refractivity contribution in [2.24, 2.45) is 0 Å². The molecule has 1 aromatic heterocycles. The Labute approximate surface area is 131 Å². The summed E-state index contributed by atoms with van der Waals surface area (Å²) in [6.07, 6.45) is 0. The molecule has 2 aromatic rings. The molecule has 1 aliphatic rings. The number of carbonyl (C=O) groups is 2. The minimum Gasteiger partial charge on any atom is -0.350 e. The molecule has 0 saturated carbocycles. The third-order valence-electron chi connectivity index (χ3n) is 3.68. The normalized spacial score (nSPS) is 21.2. The van der Waals surface area contributed by atoms with Gasteiger partial charge in [0.2, 0.25) is 11.7 Å². The molecule has 2 amide bonds. The van der Waals surface area contributed by atoms with Gasteiger partial charge >= 0.3 is 11.8 Å². The summed E-state index contributed by atoms with van der Waals surface area (Å²) < 4.78 is 17.9. The maximum atomic E-state index is 12.9. The van der Waals surface area contributed by atoms with Crippen LogP contribution in [-0.2, 0) is 4.79 Å². The van der Waals surface area contributed by atoms with E-state index in [9.17, 15) is 14.0 Å². The fraction of sp³-hybridized carbons (Fsp3) is 0.333. The van der Waals surface area contributed by atoms with Crippen molar-refractivity contribution >= 4 is 11.8 Å². The van der Waals surface area contributed by atoms with Crippen molar-refractivity contribution < 1.29 is 18.5 Å². The highest BCUT2D eigenvalue weighted by Crippen LogP contribution is 2.18. The molecule has 2 atom stereocenters. The van der Waals surface area contributed by atoms with E-state index in [1.54, 1.807) is 6.92 Å². The Bertz CT molecular complexity index is 743. The Morgan fingerprint density at radius 1 is 1.35 bits per heavy atom. The largest absolute Gasteiger partial charge is 0.350 e. The third kappa shape index (κ3) is 2.92. The van der Waals surface area contributed by atoms with Gasteiger partial charge in [0.15, 0.2) is 0 Å². The van der Waals surface area contributed by atoms with Crippen molar-refractivity contribution in [3.63, 3.8) is 0 Å². The van der Waals surface area contributed by atoms with Crippen LogP contribution in [0.5, 0.6) is 0 Å². The Morgan fingerprint density at radius 3 is 2.74 bits per heavy atom. The number of piperazine rings is 1. The van der Waals surface area contributed by atoms with E-state index in [-0.39, 0.29) is 29.5 Å². The Hall–Kier alpha value is -2.77. The van der Waals surface area contributed by atoms with Gasteiger partial charge in [-0.3, -0.25) is 9.59 Å². The fourth-order valence-corrected chi connectivity index (χ4v) is 2.41. The monoisotopic (exact) mass is 318 g/mol. The van der Waals surface area contributed by atoms with E-state index in [1.807, 2.05) is 6.92 Å². The van der Waals surface area contributed by atoms with E-state index in [1.165, 1.54) is 29.2 Å². The number of nitrogens with zero attached hydrogens (tertiary/aromatic N) is 3. The fourth-order valence-electron chi connectivity index (χ4n) is 2.41. The molecule has 0 bridgehead atoms. The molecular formula is C15H15FN4O3. The maximum Gasteiger partial charge on any atom is 0.316 e. The van der Waals surface area contributed by atoms with Gasteiger partial charge in [0.1, 0.15) is 11.9 Å². The molecule has 1 aromatic carbocycles. The summed E-state index contributed by atoms with van der Waals surface area (Å²) in [5, 5.41) is 6.51. The average molecular weight is 318 g/mol. The zero-order valence-corrected chi connectivity index (χ0v) is 12.6. The summed E-state index contributed by atoms with van der Waals surface area (Å²) in [4.78, 5) is 29.7. The molecule has 7 nitrogen and oxygen atoms in total. The summed E-state index contributed by atoms with van der Waals surface area (Å²) in [6, 6.07) is 4.76. The number of amides is 2. The Balaban J connectivity index is 1.83. The molecular weight excluding hydrogens is 303 g/mol. The van der Waals surface area contributed by atoms with E-state index in [2.05, 4.69) is 15.5 Å². The van der Waals surface area contributed by atoms with Crippen LogP contribution in [-0.4, -0.2) is 45.5 Å². The molecule has 8 heteroatoms. The van der Waals surface area contributed by atoms with Crippen molar-refractivity contribution in [2.45, 2.75) is 25.9 Å². The van der Waals surface area contributed by atoms with Crippen LogP contribution < -0.4 is 5.32 Å². The van der Waals surface area contributed by atoms with Crippen molar-refractivity contribution in [1.82, 2.24) is 20.4 Å². The lowest BCUT2D eigenvalue weighted by atomic mass is 10.1. The highest BCUT2D eigenvalue weighted by Gasteiger charge is 2.35. The first-order valence-corrected chi connectivity index (χ1v) is 7.16. The lowest BCUT2D eigenvalue weighted by Crippen LogP contribution is -2.59. The van der Waals surface area contributed by atoms with Crippen LogP contribution in [0.1, 0.15) is 24.5 Å². The SMILES string of the molecule is CC1CN(C(=O)c2nc(-c3ccc(F)cc3)no2)C(C)C(=O)N1.